The predicted molar refractivity (Wildman–Crippen MR) is 86.6 cm³/mol. The van der Waals surface area contributed by atoms with Crippen molar-refractivity contribution in [3.8, 4) is 0 Å². The number of carboxylic acid groups (broad SMARTS) is 1. The molecule has 0 bridgehead atoms. The average molecular weight is 335 g/mol. The number of non-ortho nitro benzene ring substituents is 1. The van der Waals surface area contributed by atoms with E-state index in [0.717, 1.165) is 18.4 Å². The standard InChI is InChI=1S/C16H21N3O5/c1-2-18(10-16(21)22)14-8-12(9-14)17-15(20)7-11-3-5-13(6-4-11)19(23)24/h3-6,12,14H,2,7-10H2,1H3,(H,17,20)(H,21,22). The topological polar surface area (TPSA) is 113 Å². The number of carbonyl (C=O) groups excluding carboxylic acids is 1. The summed E-state index contributed by atoms with van der Waals surface area (Å²) in [6.07, 6.45) is 1.66. The van der Waals surface area contributed by atoms with Gasteiger partial charge in [0.1, 0.15) is 0 Å². The first-order valence-corrected chi connectivity index (χ1v) is 7.87. The van der Waals surface area contributed by atoms with Gasteiger partial charge in [-0.15, -0.1) is 0 Å². The van der Waals surface area contributed by atoms with Gasteiger partial charge in [-0.2, -0.15) is 0 Å². The number of aliphatic carboxylic acids is 1. The molecule has 0 heterocycles. The van der Waals surface area contributed by atoms with E-state index < -0.39 is 10.9 Å². The van der Waals surface area contributed by atoms with Crippen LogP contribution in [0.1, 0.15) is 25.3 Å². The van der Waals surface area contributed by atoms with Crippen LogP contribution < -0.4 is 5.32 Å². The van der Waals surface area contributed by atoms with E-state index in [0.29, 0.717) is 6.54 Å². The smallest absolute Gasteiger partial charge is 0.317 e. The number of hydrogen-bond acceptors (Lipinski definition) is 5. The number of rotatable bonds is 8. The third kappa shape index (κ3) is 4.76. The lowest BCUT2D eigenvalue weighted by Crippen LogP contribution is -2.55. The molecule has 2 rings (SSSR count). The molecule has 1 aromatic carbocycles. The quantitative estimate of drug-likeness (QED) is 0.545. The zero-order chi connectivity index (χ0) is 17.7. The second-order valence-electron chi connectivity index (χ2n) is 5.95. The van der Waals surface area contributed by atoms with Crippen LogP contribution in [-0.2, 0) is 16.0 Å². The largest absolute Gasteiger partial charge is 0.480 e. The van der Waals surface area contributed by atoms with Crippen LogP contribution in [0.4, 0.5) is 5.69 Å². The number of carboxylic acids is 1. The third-order valence-corrected chi connectivity index (χ3v) is 4.25. The molecule has 8 nitrogen and oxygen atoms in total. The molecule has 0 unspecified atom stereocenters. The van der Waals surface area contributed by atoms with Gasteiger partial charge in [0.15, 0.2) is 0 Å². The summed E-state index contributed by atoms with van der Waals surface area (Å²) < 4.78 is 0. The van der Waals surface area contributed by atoms with Gasteiger partial charge in [0.05, 0.1) is 17.9 Å². The summed E-state index contributed by atoms with van der Waals surface area (Å²) in [7, 11) is 0. The number of amides is 1. The molecule has 0 aliphatic heterocycles. The second kappa shape index (κ2) is 7.87. The number of likely N-dealkylation sites (N-methyl/N-ethyl adjacent to an activating group) is 1. The van der Waals surface area contributed by atoms with Crippen LogP contribution in [0.15, 0.2) is 24.3 Å². The zero-order valence-electron chi connectivity index (χ0n) is 13.5. The summed E-state index contributed by atoms with van der Waals surface area (Å²) in [6, 6.07) is 6.17. The highest BCUT2D eigenvalue weighted by atomic mass is 16.6. The number of nitrogens with zero attached hydrogens (tertiary/aromatic N) is 2. The Morgan fingerprint density at radius 3 is 2.46 bits per heavy atom. The highest BCUT2D eigenvalue weighted by Crippen LogP contribution is 2.25. The van der Waals surface area contributed by atoms with Crippen molar-refractivity contribution in [3.05, 3.63) is 39.9 Å². The summed E-state index contributed by atoms with van der Waals surface area (Å²) in [5.74, 6) is -0.976. The van der Waals surface area contributed by atoms with Crippen LogP contribution in [0.25, 0.3) is 0 Å². The summed E-state index contributed by atoms with van der Waals surface area (Å²) in [5, 5.41) is 22.4. The molecular weight excluding hydrogens is 314 g/mol. The van der Waals surface area contributed by atoms with Crippen LogP contribution in [0.3, 0.4) is 0 Å². The third-order valence-electron chi connectivity index (χ3n) is 4.25. The Hall–Kier alpha value is -2.48. The van der Waals surface area contributed by atoms with Crippen LogP contribution in [-0.4, -0.2) is 52.0 Å². The van der Waals surface area contributed by atoms with E-state index in [4.69, 9.17) is 5.11 Å². The number of carbonyl (C=O) groups is 2. The molecule has 1 fully saturated rings. The van der Waals surface area contributed by atoms with E-state index in [1.54, 1.807) is 12.1 Å². The van der Waals surface area contributed by atoms with Gasteiger partial charge in [0, 0.05) is 24.2 Å². The minimum absolute atomic E-state index is 0.000851. The van der Waals surface area contributed by atoms with E-state index in [9.17, 15) is 19.7 Å². The summed E-state index contributed by atoms with van der Waals surface area (Å²) >= 11 is 0. The maximum Gasteiger partial charge on any atom is 0.317 e. The van der Waals surface area contributed by atoms with E-state index >= 15 is 0 Å². The highest BCUT2D eigenvalue weighted by Gasteiger charge is 2.34. The highest BCUT2D eigenvalue weighted by molar-refractivity contribution is 5.79. The fourth-order valence-corrected chi connectivity index (χ4v) is 2.88. The number of nitro benzene ring substituents is 1. The van der Waals surface area contributed by atoms with Gasteiger partial charge in [-0.05, 0) is 24.9 Å². The van der Waals surface area contributed by atoms with Crippen molar-refractivity contribution in [2.45, 2.75) is 38.3 Å². The molecule has 1 saturated carbocycles. The fourth-order valence-electron chi connectivity index (χ4n) is 2.88. The van der Waals surface area contributed by atoms with Gasteiger partial charge >= 0.3 is 5.97 Å². The van der Waals surface area contributed by atoms with E-state index in [1.165, 1.54) is 12.1 Å². The van der Waals surface area contributed by atoms with Crippen molar-refractivity contribution in [1.29, 1.82) is 0 Å². The maximum atomic E-state index is 12.0. The van der Waals surface area contributed by atoms with Crippen LogP contribution >= 0.6 is 0 Å². The van der Waals surface area contributed by atoms with Crippen LogP contribution in [0.5, 0.6) is 0 Å². The number of hydrogen-bond donors (Lipinski definition) is 2. The Labute approximate surface area is 139 Å². The molecule has 2 N–H and O–H groups in total. The van der Waals surface area contributed by atoms with Crippen molar-refractivity contribution in [3.63, 3.8) is 0 Å². The van der Waals surface area contributed by atoms with Gasteiger partial charge in [0.2, 0.25) is 5.91 Å². The molecular formula is C16H21N3O5. The number of benzene rings is 1. The van der Waals surface area contributed by atoms with E-state index in [-0.39, 0.29) is 36.6 Å². The van der Waals surface area contributed by atoms with Crippen LogP contribution in [0, 0.1) is 10.1 Å². The summed E-state index contributed by atoms with van der Waals surface area (Å²) in [4.78, 5) is 34.8. The van der Waals surface area contributed by atoms with Gasteiger partial charge in [-0.25, -0.2) is 0 Å². The molecule has 1 aromatic rings. The van der Waals surface area contributed by atoms with E-state index in [2.05, 4.69) is 5.32 Å². The molecule has 1 aliphatic rings. The van der Waals surface area contributed by atoms with Crippen molar-refractivity contribution < 1.29 is 19.6 Å². The lowest BCUT2D eigenvalue weighted by molar-refractivity contribution is -0.384. The summed E-state index contributed by atoms with van der Waals surface area (Å²) in [5.41, 5.74) is 0.717. The summed E-state index contributed by atoms with van der Waals surface area (Å²) in [6.45, 7) is 2.61. The Balaban J connectivity index is 1.76. The van der Waals surface area contributed by atoms with Gasteiger partial charge < -0.3 is 10.4 Å². The first-order chi connectivity index (χ1) is 11.4. The Morgan fingerprint density at radius 2 is 1.96 bits per heavy atom. The first kappa shape index (κ1) is 17.9. The minimum atomic E-state index is -0.845. The molecule has 0 atom stereocenters. The average Bonchev–Trinajstić information content (AvgIpc) is 2.48. The number of nitro groups is 1. The fraction of sp³-hybridized carbons (Fsp3) is 0.500. The first-order valence-electron chi connectivity index (χ1n) is 7.87. The molecule has 0 spiro atoms. The van der Waals surface area contributed by atoms with Crippen molar-refractivity contribution >= 4 is 17.6 Å². The second-order valence-corrected chi connectivity index (χ2v) is 5.95. The lowest BCUT2D eigenvalue weighted by Gasteiger charge is -2.42. The molecule has 1 aliphatic carbocycles. The monoisotopic (exact) mass is 335 g/mol. The van der Waals surface area contributed by atoms with Crippen LogP contribution in [0.2, 0.25) is 0 Å². The lowest BCUT2D eigenvalue weighted by atomic mass is 9.85. The number of nitrogens with one attached hydrogen (secondary N) is 1. The maximum absolute atomic E-state index is 12.0. The van der Waals surface area contributed by atoms with Gasteiger partial charge in [-0.1, -0.05) is 19.1 Å². The Morgan fingerprint density at radius 1 is 1.33 bits per heavy atom. The zero-order valence-corrected chi connectivity index (χ0v) is 13.5. The molecule has 0 saturated heterocycles. The molecule has 0 aromatic heterocycles. The molecule has 8 heteroatoms. The van der Waals surface area contributed by atoms with Crippen molar-refractivity contribution in [1.82, 2.24) is 10.2 Å². The van der Waals surface area contributed by atoms with E-state index in [1.807, 2.05) is 11.8 Å². The van der Waals surface area contributed by atoms with Gasteiger partial charge in [-0.3, -0.25) is 24.6 Å². The predicted octanol–water partition coefficient (Wildman–Crippen LogP) is 1.19. The molecule has 1 amide bonds. The molecule has 0 radical (unpaired) electrons. The molecule has 130 valence electrons. The van der Waals surface area contributed by atoms with Crippen molar-refractivity contribution in [2.75, 3.05) is 13.1 Å². The van der Waals surface area contributed by atoms with Gasteiger partial charge in [0.25, 0.3) is 5.69 Å². The van der Waals surface area contributed by atoms with Crippen molar-refractivity contribution in [2.24, 2.45) is 0 Å². The normalized spacial score (nSPS) is 19.6. The SMILES string of the molecule is CCN(CC(=O)O)C1CC(NC(=O)Cc2ccc([N+](=O)[O-])cc2)C1. The molecule has 24 heavy (non-hydrogen) atoms. The Bertz CT molecular complexity index is 611. The minimum Gasteiger partial charge on any atom is -0.480 e. The Kier molecular flexibility index (Phi) is 5.86.